The van der Waals surface area contributed by atoms with E-state index < -0.39 is 35.5 Å². The first kappa shape index (κ1) is 20.5. The number of aliphatic hydroxyl groups is 1. The van der Waals surface area contributed by atoms with Crippen molar-refractivity contribution < 1.29 is 29.3 Å². The molecule has 1 aromatic carbocycles. The SMILES string of the molecule is CCCO[C@H]1[C@H](NC(=O)Cc2ccc(OC)cc2)[C@H](O)[C@]1(Cl)CC(=O)O. The Bertz CT molecular complexity index is 637. The van der Waals surface area contributed by atoms with E-state index in [4.69, 9.17) is 26.2 Å². The summed E-state index contributed by atoms with van der Waals surface area (Å²) in [6.45, 7) is 2.26. The number of carboxylic acids is 1. The first-order valence-electron chi connectivity index (χ1n) is 8.44. The van der Waals surface area contributed by atoms with Crippen LogP contribution in [-0.4, -0.2) is 58.9 Å². The molecule has 0 radical (unpaired) electrons. The van der Waals surface area contributed by atoms with E-state index in [0.717, 1.165) is 5.56 Å². The molecular formula is C18H24ClNO6. The zero-order valence-corrected chi connectivity index (χ0v) is 15.5. The lowest BCUT2D eigenvalue weighted by molar-refractivity contribution is -0.162. The maximum atomic E-state index is 12.3. The number of aliphatic carboxylic acids is 1. The Hall–Kier alpha value is -1.83. The van der Waals surface area contributed by atoms with Crippen LogP contribution in [0.15, 0.2) is 24.3 Å². The number of aliphatic hydroxyl groups excluding tert-OH is 1. The molecule has 8 heteroatoms. The molecule has 1 aliphatic carbocycles. The van der Waals surface area contributed by atoms with Gasteiger partial charge in [-0.3, -0.25) is 9.59 Å². The van der Waals surface area contributed by atoms with Gasteiger partial charge in [0.1, 0.15) is 16.7 Å². The Morgan fingerprint density at radius 2 is 1.96 bits per heavy atom. The van der Waals surface area contributed by atoms with Crippen molar-refractivity contribution in [3.8, 4) is 5.75 Å². The van der Waals surface area contributed by atoms with Gasteiger partial charge in [-0.25, -0.2) is 0 Å². The molecule has 0 saturated heterocycles. The van der Waals surface area contributed by atoms with Crippen LogP contribution in [0.4, 0.5) is 0 Å². The lowest BCUT2D eigenvalue weighted by Gasteiger charge is -2.54. The number of benzene rings is 1. The highest BCUT2D eigenvalue weighted by molar-refractivity contribution is 6.27. The van der Waals surface area contributed by atoms with Gasteiger partial charge in [-0.15, -0.1) is 11.6 Å². The lowest BCUT2D eigenvalue weighted by Crippen LogP contribution is -2.76. The summed E-state index contributed by atoms with van der Waals surface area (Å²) in [5, 5.41) is 22.1. The molecule has 1 aromatic rings. The van der Waals surface area contributed by atoms with Crippen LogP contribution in [0.1, 0.15) is 25.3 Å². The van der Waals surface area contributed by atoms with Gasteiger partial charge in [0.15, 0.2) is 0 Å². The minimum absolute atomic E-state index is 0.113. The van der Waals surface area contributed by atoms with E-state index in [1.165, 1.54) is 0 Å². The number of halogens is 1. The van der Waals surface area contributed by atoms with Gasteiger partial charge in [0.25, 0.3) is 0 Å². The molecule has 0 aliphatic heterocycles. The number of rotatable bonds is 9. The Kier molecular flexibility index (Phi) is 6.86. The molecule has 144 valence electrons. The predicted octanol–water partition coefficient (Wildman–Crippen LogP) is 1.34. The van der Waals surface area contributed by atoms with E-state index in [1.54, 1.807) is 31.4 Å². The second kappa shape index (κ2) is 8.70. The van der Waals surface area contributed by atoms with Crippen molar-refractivity contribution in [1.29, 1.82) is 0 Å². The Morgan fingerprint density at radius 1 is 1.31 bits per heavy atom. The van der Waals surface area contributed by atoms with E-state index in [-0.39, 0.29) is 12.3 Å². The first-order valence-corrected chi connectivity index (χ1v) is 8.82. The van der Waals surface area contributed by atoms with Crippen molar-refractivity contribution in [2.45, 2.75) is 49.3 Å². The summed E-state index contributed by atoms with van der Waals surface area (Å²) in [6, 6.07) is 6.31. The second-order valence-electron chi connectivity index (χ2n) is 6.35. The minimum atomic E-state index is -1.45. The summed E-state index contributed by atoms with van der Waals surface area (Å²) in [6.07, 6.45) is -1.60. The Morgan fingerprint density at radius 3 is 2.50 bits per heavy atom. The highest BCUT2D eigenvalue weighted by Gasteiger charge is 2.63. The second-order valence-corrected chi connectivity index (χ2v) is 7.06. The van der Waals surface area contributed by atoms with Crippen LogP contribution in [0, 0.1) is 0 Å². The monoisotopic (exact) mass is 385 g/mol. The molecular weight excluding hydrogens is 362 g/mol. The molecule has 26 heavy (non-hydrogen) atoms. The highest BCUT2D eigenvalue weighted by atomic mass is 35.5. The van der Waals surface area contributed by atoms with Crippen molar-refractivity contribution in [1.82, 2.24) is 5.32 Å². The molecule has 0 heterocycles. The fourth-order valence-electron chi connectivity index (χ4n) is 3.06. The van der Waals surface area contributed by atoms with Gasteiger partial charge in [0.05, 0.1) is 32.1 Å². The summed E-state index contributed by atoms with van der Waals surface area (Å²) >= 11 is 6.31. The van der Waals surface area contributed by atoms with E-state index in [0.29, 0.717) is 18.8 Å². The number of carboxylic acid groups (broad SMARTS) is 1. The van der Waals surface area contributed by atoms with Crippen LogP contribution >= 0.6 is 11.6 Å². The summed E-state index contributed by atoms with van der Waals surface area (Å²) in [5.41, 5.74) is 0.783. The van der Waals surface area contributed by atoms with Crippen molar-refractivity contribution in [2.75, 3.05) is 13.7 Å². The van der Waals surface area contributed by atoms with E-state index in [1.807, 2.05) is 6.92 Å². The fraction of sp³-hybridized carbons (Fsp3) is 0.556. The molecule has 1 fully saturated rings. The molecule has 0 bridgehead atoms. The van der Waals surface area contributed by atoms with Crippen LogP contribution in [-0.2, 0) is 20.7 Å². The van der Waals surface area contributed by atoms with E-state index >= 15 is 0 Å². The smallest absolute Gasteiger partial charge is 0.305 e. The topological polar surface area (TPSA) is 105 Å². The average Bonchev–Trinajstić information content (AvgIpc) is 2.60. The van der Waals surface area contributed by atoms with Gasteiger partial charge in [-0.1, -0.05) is 19.1 Å². The van der Waals surface area contributed by atoms with E-state index in [2.05, 4.69) is 5.32 Å². The number of carbonyl (C=O) groups is 2. The summed E-state index contributed by atoms with van der Waals surface area (Å²) in [7, 11) is 1.56. The molecule has 0 unspecified atom stereocenters. The summed E-state index contributed by atoms with van der Waals surface area (Å²) < 4.78 is 10.7. The molecule has 4 atom stereocenters. The van der Waals surface area contributed by atoms with Gasteiger partial charge < -0.3 is 25.0 Å². The quantitative estimate of drug-likeness (QED) is 0.554. The van der Waals surface area contributed by atoms with Gasteiger partial charge in [-0.2, -0.15) is 0 Å². The maximum Gasteiger partial charge on any atom is 0.305 e. The zero-order chi connectivity index (χ0) is 19.3. The fourth-order valence-corrected chi connectivity index (χ4v) is 3.51. The number of hydrogen-bond acceptors (Lipinski definition) is 5. The summed E-state index contributed by atoms with van der Waals surface area (Å²) in [4.78, 5) is 21.9. The standard InChI is InChI=1S/C18H24ClNO6/c1-3-8-26-17-15(16(24)18(17,19)10-14(22)23)20-13(21)9-11-4-6-12(25-2)7-5-11/h4-7,15-17,24H,3,8-10H2,1-2H3,(H,20,21)(H,22,23)/t15-,16+,17+,18-/m1/s1. The number of nitrogens with one attached hydrogen (secondary N) is 1. The van der Waals surface area contributed by atoms with Gasteiger partial charge in [0.2, 0.25) is 5.91 Å². The summed E-state index contributed by atoms with van der Waals surface area (Å²) in [5.74, 6) is -0.747. The van der Waals surface area contributed by atoms with Crippen molar-refractivity contribution in [3.05, 3.63) is 29.8 Å². The third kappa shape index (κ3) is 4.47. The largest absolute Gasteiger partial charge is 0.497 e. The third-order valence-corrected chi connectivity index (χ3v) is 4.98. The molecule has 3 N–H and O–H groups in total. The maximum absolute atomic E-state index is 12.3. The minimum Gasteiger partial charge on any atom is -0.497 e. The zero-order valence-electron chi connectivity index (χ0n) is 14.8. The van der Waals surface area contributed by atoms with Gasteiger partial charge >= 0.3 is 5.97 Å². The number of hydrogen-bond donors (Lipinski definition) is 3. The Labute approximate surface area is 157 Å². The third-order valence-electron chi connectivity index (χ3n) is 4.41. The number of carbonyl (C=O) groups excluding carboxylic acids is 1. The molecule has 0 aromatic heterocycles. The average molecular weight is 386 g/mol. The number of alkyl halides is 1. The molecule has 1 aliphatic rings. The molecule has 2 rings (SSSR count). The van der Waals surface area contributed by atoms with Crippen LogP contribution in [0.5, 0.6) is 5.75 Å². The van der Waals surface area contributed by atoms with Crippen molar-refractivity contribution in [2.24, 2.45) is 0 Å². The molecule has 7 nitrogen and oxygen atoms in total. The van der Waals surface area contributed by atoms with Crippen LogP contribution in [0.2, 0.25) is 0 Å². The molecule has 1 amide bonds. The Balaban J connectivity index is 2.01. The normalized spacial score (nSPS) is 27.5. The van der Waals surface area contributed by atoms with Gasteiger partial charge in [-0.05, 0) is 24.1 Å². The number of methoxy groups -OCH3 is 1. The highest BCUT2D eigenvalue weighted by Crippen LogP contribution is 2.44. The lowest BCUT2D eigenvalue weighted by atomic mass is 9.70. The van der Waals surface area contributed by atoms with Crippen molar-refractivity contribution in [3.63, 3.8) is 0 Å². The van der Waals surface area contributed by atoms with Crippen LogP contribution in [0.25, 0.3) is 0 Å². The van der Waals surface area contributed by atoms with Gasteiger partial charge in [0, 0.05) is 6.61 Å². The first-order chi connectivity index (χ1) is 12.3. The van der Waals surface area contributed by atoms with Crippen LogP contribution in [0.3, 0.4) is 0 Å². The van der Waals surface area contributed by atoms with Crippen molar-refractivity contribution >= 4 is 23.5 Å². The molecule has 1 saturated carbocycles. The van der Waals surface area contributed by atoms with Crippen LogP contribution < -0.4 is 10.1 Å². The number of amides is 1. The molecule has 0 spiro atoms. The van der Waals surface area contributed by atoms with E-state index in [9.17, 15) is 14.7 Å². The predicted molar refractivity (Wildman–Crippen MR) is 95.5 cm³/mol. The number of ether oxygens (including phenoxy) is 2.